The highest BCUT2D eigenvalue weighted by Crippen LogP contribution is 2.46. The van der Waals surface area contributed by atoms with Crippen molar-refractivity contribution in [3.8, 4) is 6.07 Å². The Bertz CT molecular complexity index is 257. The lowest BCUT2D eigenvalue weighted by Gasteiger charge is -2.18. The maximum absolute atomic E-state index is 11.1. The first-order valence-electron chi connectivity index (χ1n) is 5.04. The number of nitriles is 1. The van der Waals surface area contributed by atoms with Crippen LogP contribution in [0.25, 0.3) is 0 Å². The van der Waals surface area contributed by atoms with Crippen molar-refractivity contribution in [2.24, 2.45) is 0 Å². The van der Waals surface area contributed by atoms with E-state index in [-0.39, 0.29) is 12.8 Å². The SMILES string of the molecule is CCCCC(CCC(O)C#N)P(=O)(O)O. The van der Waals surface area contributed by atoms with E-state index in [4.69, 9.17) is 20.2 Å². The Morgan fingerprint density at radius 2 is 1.93 bits per heavy atom. The first kappa shape index (κ1) is 14.6. The normalized spacial score (nSPS) is 15.7. The molecule has 0 aliphatic heterocycles. The predicted octanol–water partition coefficient (Wildman–Crippen LogP) is 1.39. The standard InChI is InChI=1S/C9H18NO4P/c1-2-3-4-9(15(12,13)14)6-5-8(11)7-10/h8-9,11H,2-6H2,1H3,(H2,12,13,14). The monoisotopic (exact) mass is 235 g/mol. The quantitative estimate of drug-likeness (QED) is 0.457. The molecule has 0 amide bonds. The van der Waals surface area contributed by atoms with Crippen LogP contribution in [-0.2, 0) is 4.57 Å². The molecule has 88 valence electrons. The smallest absolute Gasteiger partial charge is 0.328 e. The lowest BCUT2D eigenvalue weighted by molar-refractivity contribution is 0.213. The lowest BCUT2D eigenvalue weighted by Crippen LogP contribution is -2.13. The number of nitrogens with zero attached hydrogens (tertiary/aromatic N) is 1. The van der Waals surface area contributed by atoms with E-state index in [1.54, 1.807) is 6.07 Å². The van der Waals surface area contributed by atoms with Crippen molar-refractivity contribution in [1.82, 2.24) is 0 Å². The number of hydrogen-bond donors (Lipinski definition) is 3. The molecule has 0 aromatic rings. The molecule has 5 nitrogen and oxygen atoms in total. The van der Waals surface area contributed by atoms with Gasteiger partial charge < -0.3 is 14.9 Å². The average molecular weight is 235 g/mol. The molecule has 0 aliphatic rings. The van der Waals surface area contributed by atoms with Crippen LogP contribution < -0.4 is 0 Å². The van der Waals surface area contributed by atoms with Gasteiger partial charge in [0.15, 0.2) is 0 Å². The fraction of sp³-hybridized carbons (Fsp3) is 0.889. The molecular formula is C9H18NO4P. The second kappa shape index (κ2) is 6.97. The molecule has 15 heavy (non-hydrogen) atoms. The Morgan fingerprint density at radius 3 is 2.33 bits per heavy atom. The molecule has 0 aliphatic carbocycles. The summed E-state index contributed by atoms with van der Waals surface area (Å²) in [5.74, 6) is 0. The Labute approximate surface area is 89.9 Å². The van der Waals surface area contributed by atoms with E-state index in [1.165, 1.54) is 0 Å². The van der Waals surface area contributed by atoms with Crippen molar-refractivity contribution < 1.29 is 19.5 Å². The van der Waals surface area contributed by atoms with Gasteiger partial charge in [0.1, 0.15) is 6.10 Å². The Hall–Kier alpha value is -0.400. The fourth-order valence-electron chi connectivity index (χ4n) is 1.34. The molecule has 0 spiro atoms. The number of aliphatic hydroxyl groups is 1. The average Bonchev–Trinajstić information content (AvgIpc) is 2.15. The Kier molecular flexibility index (Phi) is 6.78. The minimum atomic E-state index is -4.09. The van der Waals surface area contributed by atoms with E-state index in [0.29, 0.717) is 6.42 Å². The van der Waals surface area contributed by atoms with Crippen LogP contribution in [-0.4, -0.2) is 26.7 Å². The summed E-state index contributed by atoms with van der Waals surface area (Å²) in [6.07, 6.45) is 1.25. The number of aliphatic hydroxyl groups excluding tert-OH is 1. The number of hydrogen-bond acceptors (Lipinski definition) is 3. The largest absolute Gasteiger partial charge is 0.378 e. The molecule has 0 fully saturated rings. The zero-order valence-corrected chi connectivity index (χ0v) is 9.73. The third-order valence-electron chi connectivity index (χ3n) is 2.29. The van der Waals surface area contributed by atoms with E-state index in [0.717, 1.165) is 12.8 Å². The van der Waals surface area contributed by atoms with E-state index in [2.05, 4.69) is 0 Å². The van der Waals surface area contributed by atoms with Gasteiger partial charge in [-0.3, -0.25) is 4.57 Å². The summed E-state index contributed by atoms with van der Waals surface area (Å²) < 4.78 is 11.1. The molecule has 0 radical (unpaired) electrons. The summed E-state index contributed by atoms with van der Waals surface area (Å²) in [6.45, 7) is 1.95. The van der Waals surface area contributed by atoms with Crippen LogP contribution in [0.5, 0.6) is 0 Å². The number of rotatable bonds is 7. The topological polar surface area (TPSA) is 102 Å². The molecule has 0 rings (SSSR count). The minimum absolute atomic E-state index is 0.121. The van der Waals surface area contributed by atoms with Gasteiger partial charge in [0, 0.05) is 0 Å². The summed E-state index contributed by atoms with van der Waals surface area (Å²) in [5, 5.41) is 17.3. The predicted molar refractivity (Wildman–Crippen MR) is 56.2 cm³/mol. The Balaban J connectivity index is 4.15. The van der Waals surface area contributed by atoms with Crippen molar-refractivity contribution >= 4 is 7.60 Å². The van der Waals surface area contributed by atoms with E-state index < -0.39 is 19.4 Å². The van der Waals surface area contributed by atoms with Crippen molar-refractivity contribution in [3.63, 3.8) is 0 Å². The van der Waals surface area contributed by atoms with Gasteiger partial charge in [-0.15, -0.1) is 0 Å². The van der Waals surface area contributed by atoms with E-state index in [1.807, 2.05) is 6.92 Å². The van der Waals surface area contributed by atoms with Crippen LogP contribution >= 0.6 is 7.60 Å². The van der Waals surface area contributed by atoms with Crippen molar-refractivity contribution in [2.45, 2.75) is 50.8 Å². The molecule has 3 N–H and O–H groups in total. The lowest BCUT2D eigenvalue weighted by atomic mass is 10.1. The first-order valence-corrected chi connectivity index (χ1v) is 6.72. The summed E-state index contributed by atoms with van der Waals surface area (Å²) in [4.78, 5) is 18.1. The van der Waals surface area contributed by atoms with Crippen LogP contribution in [0, 0.1) is 11.3 Å². The highest BCUT2D eigenvalue weighted by Gasteiger charge is 2.28. The molecule has 0 bridgehead atoms. The van der Waals surface area contributed by atoms with Gasteiger partial charge in [-0.1, -0.05) is 19.8 Å². The maximum Gasteiger partial charge on any atom is 0.328 e. The summed E-state index contributed by atoms with van der Waals surface area (Å²) >= 11 is 0. The van der Waals surface area contributed by atoms with Gasteiger partial charge in [0.2, 0.25) is 0 Å². The molecule has 0 saturated carbocycles. The molecule has 2 atom stereocenters. The second-order valence-electron chi connectivity index (χ2n) is 3.61. The highest BCUT2D eigenvalue weighted by atomic mass is 31.2. The van der Waals surface area contributed by atoms with E-state index >= 15 is 0 Å². The van der Waals surface area contributed by atoms with Crippen LogP contribution in [0.3, 0.4) is 0 Å². The molecular weight excluding hydrogens is 217 g/mol. The number of unbranched alkanes of at least 4 members (excludes halogenated alkanes) is 1. The molecule has 0 aromatic heterocycles. The Morgan fingerprint density at radius 1 is 1.33 bits per heavy atom. The zero-order chi connectivity index (χ0) is 11.9. The van der Waals surface area contributed by atoms with Gasteiger partial charge >= 0.3 is 7.60 Å². The maximum atomic E-state index is 11.1. The summed E-state index contributed by atoms with van der Waals surface area (Å²) in [6, 6.07) is 1.63. The van der Waals surface area contributed by atoms with Crippen LogP contribution in [0.4, 0.5) is 0 Å². The van der Waals surface area contributed by atoms with Gasteiger partial charge in [0.05, 0.1) is 11.7 Å². The zero-order valence-electron chi connectivity index (χ0n) is 8.83. The van der Waals surface area contributed by atoms with Crippen LogP contribution in [0.2, 0.25) is 0 Å². The van der Waals surface area contributed by atoms with E-state index in [9.17, 15) is 4.57 Å². The van der Waals surface area contributed by atoms with Crippen LogP contribution in [0.15, 0.2) is 0 Å². The fourth-order valence-corrected chi connectivity index (χ4v) is 2.34. The third kappa shape index (κ3) is 6.64. The van der Waals surface area contributed by atoms with Crippen molar-refractivity contribution in [3.05, 3.63) is 0 Å². The van der Waals surface area contributed by atoms with Crippen molar-refractivity contribution in [1.29, 1.82) is 5.26 Å². The first-order chi connectivity index (χ1) is 6.91. The van der Waals surface area contributed by atoms with Crippen LogP contribution in [0.1, 0.15) is 39.0 Å². The highest BCUT2D eigenvalue weighted by molar-refractivity contribution is 7.52. The van der Waals surface area contributed by atoms with Gasteiger partial charge in [-0.2, -0.15) is 5.26 Å². The van der Waals surface area contributed by atoms with Gasteiger partial charge in [-0.25, -0.2) is 0 Å². The minimum Gasteiger partial charge on any atom is -0.378 e. The molecule has 0 heterocycles. The summed E-state index contributed by atoms with van der Waals surface area (Å²) in [5.41, 5.74) is -0.722. The molecule has 6 heteroatoms. The molecule has 0 aromatic carbocycles. The summed E-state index contributed by atoms with van der Waals surface area (Å²) in [7, 11) is -4.09. The van der Waals surface area contributed by atoms with Gasteiger partial charge in [0.25, 0.3) is 0 Å². The van der Waals surface area contributed by atoms with Gasteiger partial charge in [-0.05, 0) is 19.3 Å². The molecule has 0 saturated heterocycles. The van der Waals surface area contributed by atoms with Crippen molar-refractivity contribution in [2.75, 3.05) is 0 Å². The molecule has 2 unspecified atom stereocenters. The second-order valence-corrected chi connectivity index (χ2v) is 5.52. The third-order valence-corrected chi connectivity index (χ3v) is 3.76.